The fourth-order valence-corrected chi connectivity index (χ4v) is 4.83. The van der Waals surface area contributed by atoms with E-state index in [0.717, 1.165) is 11.3 Å². The highest BCUT2D eigenvalue weighted by Gasteiger charge is 2.31. The van der Waals surface area contributed by atoms with Crippen molar-refractivity contribution >= 4 is 45.6 Å². The average Bonchev–Trinajstić information content (AvgIpc) is 3.47. The highest BCUT2D eigenvalue weighted by molar-refractivity contribution is 6.45. The van der Waals surface area contributed by atoms with Crippen LogP contribution in [0, 0.1) is 23.3 Å². The van der Waals surface area contributed by atoms with Crippen LogP contribution >= 0.6 is 0 Å². The molecule has 2 N–H and O–H groups in total. The molecule has 0 aliphatic carbocycles. The van der Waals surface area contributed by atoms with Gasteiger partial charge in [0.1, 0.15) is 11.3 Å². The van der Waals surface area contributed by atoms with Gasteiger partial charge in [0.25, 0.3) is 17.6 Å². The third-order valence-corrected chi connectivity index (χ3v) is 7.07. The monoisotopic (exact) mass is 591 g/mol. The lowest BCUT2D eigenvalue weighted by Crippen LogP contribution is -2.49. The molecule has 0 atom stereocenters. The molecule has 2 amide bonds. The number of nitrogens with zero attached hydrogens (tertiary/aromatic N) is 5. The van der Waals surface area contributed by atoms with Crippen molar-refractivity contribution in [1.29, 1.82) is 0 Å². The average molecular weight is 592 g/mol. The molecule has 0 radical (unpaired) electrons. The molecular formula is C29H21F4N7O3. The number of anilines is 1. The van der Waals surface area contributed by atoms with E-state index >= 15 is 0 Å². The van der Waals surface area contributed by atoms with Crippen molar-refractivity contribution in [3.8, 4) is 0 Å². The van der Waals surface area contributed by atoms with Gasteiger partial charge in [0.2, 0.25) is 0 Å². The number of carbonyl (C=O) groups excluding carboxylic acids is 3. The molecule has 1 aliphatic rings. The summed E-state index contributed by atoms with van der Waals surface area (Å²) in [6.45, 7) is 5.63. The van der Waals surface area contributed by atoms with E-state index in [0.29, 0.717) is 13.1 Å². The van der Waals surface area contributed by atoms with E-state index in [9.17, 15) is 31.9 Å². The highest BCUT2D eigenvalue weighted by atomic mass is 19.2. The van der Waals surface area contributed by atoms with Crippen LogP contribution in [0.15, 0.2) is 66.4 Å². The molecule has 10 nitrogen and oxygen atoms in total. The van der Waals surface area contributed by atoms with Gasteiger partial charge in [0, 0.05) is 48.4 Å². The third-order valence-electron chi connectivity index (χ3n) is 7.07. The van der Waals surface area contributed by atoms with Crippen LogP contribution in [0.4, 0.5) is 28.9 Å². The molecule has 0 bridgehead atoms. The summed E-state index contributed by atoms with van der Waals surface area (Å²) in [5.74, 6) is -11.3. The molecule has 14 heteroatoms. The Kier molecular flexibility index (Phi) is 7.86. The number of para-hydroxylation sites is 1. The maximum Gasteiger partial charge on any atom is 0.295 e. The largest absolute Gasteiger partial charge is 0.368 e. The predicted octanol–water partition coefficient (Wildman–Crippen LogP) is 5.92. The number of amides is 2. The maximum absolute atomic E-state index is 14.5. The van der Waals surface area contributed by atoms with Gasteiger partial charge in [-0.15, -0.1) is 0 Å². The van der Waals surface area contributed by atoms with Crippen LogP contribution in [0.2, 0.25) is 0 Å². The van der Waals surface area contributed by atoms with Gasteiger partial charge in [-0.05, 0) is 17.2 Å². The fourth-order valence-electron chi connectivity index (χ4n) is 4.83. The summed E-state index contributed by atoms with van der Waals surface area (Å²) in [5.41, 5.74) is 7.00. The number of aromatic amines is 1. The van der Waals surface area contributed by atoms with Crippen molar-refractivity contribution in [2.24, 2.45) is 5.11 Å². The Labute approximate surface area is 240 Å². The molecule has 1 saturated heterocycles. The normalized spacial score (nSPS) is 13.0. The molecule has 2 heterocycles. The number of hydrogen-bond donors (Lipinski definition) is 2. The summed E-state index contributed by atoms with van der Waals surface area (Å²) in [6.07, 6.45) is 1.25. The Balaban J connectivity index is 1.33. The molecular weight excluding hydrogens is 570 g/mol. The number of carbonyl (C=O) groups is 3. The first-order valence-electron chi connectivity index (χ1n) is 12.8. The molecule has 218 valence electrons. The van der Waals surface area contributed by atoms with Crippen molar-refractivity contribution < 1.29 is 31.9 Å². The first kappa shape index (κ1) is 28.9. The van der Waals surface area contributed by atoms with Crippen LogP contribution in [0.5, 0.6) is 0 Å². The van der Waals surface area contributed by atoms with Crippen molar-refractivity contribution in [2.75, 3.05) is 31.5 Å². The number of hydrogen-bond acceptors (Lipinski definition) is 5. The summed E-state index contributed by atoms with van der Waals surface area (Å²) >= 11 is 0. The molecule has 0 unspecified atom stereocenters. The standard InChI is InChI=1S/C29H21F4N7O3/c1-15(16-6-3-2-4-7-16)39-10-12-40(13-11-39)29(43)27(41)18-14-35-25-17(18)8-5-9-19(25)36-28(42)20-21(30)23(32)26(37-38-34)24(33)22(20)31/h2-9,14,35H,1,10-13H2,(H,36,42). The molecule has 0 spiro atoms. The number of Topliss-reactive ketones (excluding diaryl/α,β-unsaturated/α-hetero) is 1. The number of H-pyrrole nitrogens is 1. The summed E-state index contributed by atoms with van der Waals surface area (Å²) in [7, 11) is 0. The Bertz CT molecular complexity index is 1810. The first-order valence-corrected chi connectivity index (χ1v) is 12.8. The maximum atomic E-state index is 14.5. The van der Waals surface area contributed by atoms with Crippen LogP contribution in [-0.4, -0.2) is 58.6 Å². The number of aromatic nitrogens is 1. The Morgan fingerprint density at radius 1 is 0.884 bits per heavy atom. The van der Waals surface area contributed by atoms with Gasteiger partial charge >= 0.3 is 0 Å². The topological polar surface area (TPSA) is 134 Å². The van der Waals surface area contributed by atoms with Gasteiger partial charge in [-0.1, -0.05) is 54.2 Å². The van der Waals surface area contributed by atoms with Gasteiger partial charge in [-0.25, -0.2) is 17.6 Å². The van der Waals surface area contributed by atoms with Crippen molar-refractivity contribution in [3.05, 3.63) is 112 Å². The molecule has 3 aromatic carbocycles. The second-order valence-electron chi connectivity index (χ2n) is 9.47. The molecule has 0 saturated carbocycles. The quantitative estimate of drug-likeness (QED) is 0.0525. The van der Waals surface area contributed by atoms with Crippen LogP contribution < -0.4 is 5.32 Å². The lowest BCUT2D eigenvalue weighted by atomic mass is 10.1. The number of benzene rings is 3. The van der Waals surface area contributed by atoms with Crippen LogP contribution in [0.1, 0.15) is 26.3 Å². The minimum atomic E-state index is -2.06. The van der Waals surface area contributed by atoms with Crippen molar-refractivity contribution in [2.45, 2.75) is 0 Å². The molecule has 1 aliphatic heterocycles. The number of halogens is 4. The summed E-state index contributed by atoms with van der Waals surface area (Å²) in [5, 5.41) is 4.96. The van der Waals surface area contributed by atoms with Gasteiger partial charge in [0.15, 0.2) is 23.3 Å². The number of fused-ring (bicyclic) bond motifs is 1. The molecule has 4 aromatic rings. The number of nitrogens with one attached hydrogen (secondary N) is 2. The van der Waals surface area contributed by atoms with E-state index in [1.165, 1.54) is 29.3 Å². The molecule has 1 aromatic heterocycles. The van der Waals surface area contributed by atoms with E-state index < -0.39 is 52.1 Å². The number of ketones is 1. The highest BCUT2D eigenvalue weighted by Crippen LogP contribution is 2.32. The van der Waals surface area contributed by atoms with Crippen molar-refractivity contribution in [3.63, 3.8) is 0 Å². The van der Waals surface area contributed by atoms with Crippen LogP contribution in [-0.2, 0) is 4.79 Å². The van der Waals surface area contributed by atoms with Gasteiger partial charge in [-0.2, -0.15) is 0 Å². The Morgan fingerprint density at radius 3 is 2.14 bits per heavy atom. The van der Waals surface area contributed by atoms with Gasteiger partial charge in [-0.3, -0.25) is 14.4 Å². The smallest absolute Gasteiger partial charge is 0.295 e. The Morgan fingerprint density at radius 2 is 1.51 bits per heavy atom. The summed E-state index contributed by atoms with van der Waals surface area (Å²) in [4.78, 5) is 47.4. The zero-order chi connectivity index (χ0) is 30.8. The molecule has 43 heavy (non-hydrogen) atoms. The van der Waals surface area contributed by atoms with Crippen LogP contribution in [0.3, 0.4) is 0 Å². The molecule has 1 fully saturated rings. The second-order valence-corrected chi connectivity index (χ2v) is 9.47. The number of rotatable bonds is 7. The lowest BCUT2D eigenvalue weighted by molar-refractivity contribution is -0.127. The Hall–Kier alpha value is -5.62. The van der Waals surface area contributed by atoms with Gasteiger partial charge in [0.05, 0.1) is 16.8 Å². The van der Waals surface area contributed by atoms with E-state index in [1.807, 2.05) is 35.2 Å². The third kappa shape index (κ3) is 5.26. The number of azide groups is 1. The summed E-state index contributed by atoms with van der Waals surface area (Å²) < 4.78 is 57.4. The minimum absolute atomic E-state index is 0.0135. The van der Waals surface area contributed by atoms with Crippen LogP contribution in [0.25, 0.3) is 27.0 Å². The SMILES string of the molecule is C=C(c1ccccc1)N1CCN(C(=O)C(=O)c2c[nH]c3c(NC(=O)c4c(F)c(F)c(N=[N+]=[N-])c(F)c4F)cccc23)CC1. The zero-order valence-electron chi connectivity index (χ0n) is 22.2. The van der Waals surface area contributed by atoms with E-state index in [1.54, 1.807) is 0 Å². The minimum Gasteiger partial charge on any atom is -0.368 e. The fraction of sp³-hybridized carbons (Fsp3) is 0.138. The second kappa shape index (κ2) is 11.7. The van der Waals surface area contributed by atoms with Crippen molar-refractivity contribution in [1.82, 2.24) is 14.8 Å². The first-order chi connectivity index (χ1) is 20.6. The van der Waals surface area contributed by atoms with E-state index in [2.05, 4.69) is 26.9 Å². The lowest BCUT2D eigenvalue weighted by Gasteiger charge is -2.36. The summed E-state index contributed by atoms with van der Waals surface area (Å²) in [6, 6.07) is 13.8. The van der Waals surface area contributed by atoms with Gasteiger partial charge < -0.3 is 20.1 Å². The van der Waals surface area contributed by atoms with E-state index in [-0.39, 0.29) is 35.2 Å². The number of piperazine rings is 1. The predicted molar refractivity (Wildman–Crippen MR) is 149 cm³/mol. The van der Waals surface area contributed by atoms with E-state index in [4.69, 9.17) is 5.53 Å². The molecule has 5 rings (SSSR count). The zero-order valence-corrected chi connectivity index (χ0v) is 22.2.